The molecule has 3 aromatic rings. The number of carboxylic acids is 1. The minimum atomic E-state index is -4.74. The fourth-order valence-electron chi connectivity index (χ4n) is 3.26. The molecule has 0 aliphatic heterocycles. The molecule has 0 amide bonds. The third kappa shape index (κ3) is 3.78. The van der Waals surface area contributed by atoms with Crippen molar-refractivity contribution in [3.05, 3.63) is 63.9 Å². The van der Waals surface area contributed by atoms with E-state index in [4.69, 9.17) is 5.11 Å². The molecule has 0 bridgehead atoms. The van der Waals surface area contributed by atoms with Crippen molar-refractivity contribution in [3.8, 4) is 16.9 Å². The molecule has 1 aromatic heterocycles. The fourth-order valence-corrected chi connectivity index (χ4v) is 3.26. The highest BCUT2D eigenvalue weighted by atomic mass is 19.4. The predicted octanol–water partition coefficient (Wildman–Crippen LogP) is 3.98. The standard InChI is InChI=1S/C21H16F3NO5/c1-25-15-10-14(21(22,23)24)12(11-5-3-2-4-6-11)9-13(15)19(29)18(20(25)30)16(26)7-8-17(27)28/h2-6,9-10,29H,7-8H2,1H3,(H,27,28). The number of benzene rings is 2. The third-order valence-electron chi connectivity index (χ3n) is 4.74. The number of hydrogen-bond donors (Lipinski definition) is 2. The van der Waals surface area contributed by atoms with Crippen LogP contribution < -0.4 is 5.56 Å². The molecule has 0 aliphatic carbocycles. The maximum absolute atomic E-state index is 13.7. The number of ketones is 1. The van der Waals surface area contributed by atoms with E-state index in [0.29, 0.717) is 0 Å². The second-order valence-corrected chi connectivity index (χ2v) is 6.68. The van der Waals surface area contributed by atoms with E-state index in [2.05, 4.69) is 0 Å². The molecule has 2 aromatic carbocycles. The number of carboxylic acid groups (broad SMARTS) is 1. The van der Waals surface area contributed by atoms with Crippen molar-refractivity contribution in [1.82, 2.24) is 4.57 Å². The molecule has 0 unspecified atom stereocenters. The van der Waals surface area contributed by atoms with E-state index in [1.807, 2.05) is 0 Å². The predicted molar refractivity (Wildman–Crippen MR) is 102 cm³/mol. The van der Waals surface area contributed by atoms with Crippen LogP contribution in [-0.2, 0) is 18.0 Å². The zero-order valence-corrected chi connectivity index (χ0v) is 15.7. The summed E-state index contributed by atoms with van der Waals surface area (Å²) in [4.78, 5) is 35.6. The smallest absolute Gasteiger partial charge is 0.417 e. The van der Waals surface area contributed by atoms with Gasteiger partial charge in [-0.25, -0.2) is 0 Å². The Kier molecular flexibility index (Phi) is 5.39. The van der Waals surface area contributed by atoms with Gasteiger partial charge in [0.15, 0.2) is 5.78 Å². The maximum Gasteiger partial charge on any atom is 0.417 e. The molecule has 0 saturated carbocycles. The van der Waals surface area contributed by atoms with E-state index in [1.54, 1.807) is 18.2 Å². The zero-order valence-electron chi connectivity index (χ0n) is 15.7. The van der Waals surface area contributed by atoms with Crippen LogP contribution in [0.3, 0.4) is 0 Å². The van der Waals surface area contributed by atoms with Gasteiger partial charge in [-0.2, -0.15) is 13.2 Å². The largest absolute Gasteiger partial charge is 0.506 e. The molecule has 1 heterocycles. The summed E-state index contributed by atoms with van der Waals surface area (Å²) >= 11 is 0. The van der Waals surface area contributed by atoms with Gasteiger partial charge in [0.2, 0.25) is 0 Å². The Bertz CT molecular complexity index is 1210. The Morgan fingerprint density at radius 1 is 1.07 bits per heavy atom. The van der Waals surface area contributed by atoms with Gasteiger partial charge < -0.3 is 14.8 Å². The quantitative estimate of drug-likeness (QED) is 0.610. The summed E-state index contributed by atoms with van der Waals surface area (Å²) in [5.74, 6) is -2.94. The number of carbonyl (C=O) groups excluding carboxylic acids is 1. The molecule has 0 radical (unpaired) electrons. The van der Waals surface area contributed by atoms with E-state index in [0.717, 1.165) is 16.7 Å². The molecule has 0 atom stereocenters. The number of halogens is 3. The van der Waals surface area contributed by atoms with Gasteiger partial charge in [0.1, 0.15) is 11.3 Å². The Labute approximate surface area is 167 Å². The number of aryl methyl sites for hydroxylation is 1. The molecule has 6 nitrogen and oxygen atoms in total. The number of hydrogen-bond acceptors (Lipinski definition) is 4. The second kappa shape index (κ2) is 7.66. The molecule has 9 heteroatoms. The van der Waals surface area contributed by atoms with Crippen molar-refractivity contribution in [2.45, 2.75) is 19.0 Å². The number of Topliss-reactive ketones (excluding diaryl/α,β-unsaturated/α-hetero) is 1. The first-order valence-corrected chi connectivity index (χ1v) is 8.79. The lowest BCUT2D eigenvalue weighted by atomic mass is 9.95. The summed E-state index contributed by atoms with van der Waals surface area (Å²) in [7, 11) is 1.18. The molecule has 2 N–H and O–H groups in total. The van der Waals surface area contributed by atoms with Crippen LogP contribution in [0, 0.1) is 0 Å². The molecular formula is C21H16F3NO5. The number of carbonyl (C=O) groups is 2. The van der Waals surface area contributed by atoms with Gasteiger partial charge >= 0.3 is 12.1 Å². The van der Waals surface area contributed by atoms with Gasteiger partial charge in [0, 0.05) is 18.9 Å². The number of rotatable bonds is 5. The summed E-state index contributed by atoms with van der Waals surface area (Å²) in [5, 5.41) is 19.2. The molecule has 0 spiro atoms. The lowest BCUT2D eigenvalue weighted by Gasteiger charge is -2.18. The van der Waals surface area contributed by atoms with Crippen LogP contribution in [0.2, 0.25) is 0 Å². The van der Waals surface area contributed by atoms with E-state index in [9.17, 15) is 32.7 Å². The normalized spacial score (nSPS) is 11.6. The summed E-state index contributed by atoms with van der Waals surface area (Å²) in [6, 6.07) is 9.52. The third-order valence-corrected chi connectivity index (χ3v) is 4.74. The Balaban J connectivity index is 2.35. The molecule has 30 heavy (non-hydrogen) atoms. The minimum absolute atomic E-state index is 0.123. The van der Waals surface area contributed by atoms with Crippen molar-refractivity contribution in [3.63, 3.8) is 0 Å². The van der Waals surface area contributed by atoms with Gasteiger partial charge in [-0.15, -0.1) is 0 Å². The first-order chi connectivity index (χ1) is 14.0. The van der Waals surface area contributed by atoms with Gasteiger partial charge in [0.05, 0.1) is 17.5 Å². The summed E-state index contributed by atoms with van der Waals surface area (Å²) in [6.45, 7) is 0. The first kappa shape index (κ1) is 21.1. The van der Waals surface area contributed by atoms with Crippen molar-refractivity contribution in [2.75, 3.05) is 0 Å². The van der Waals surface area contributed by atoms with E-state index < -0.39 is 53.2 Å². The topological polar surface area (TPSA) is 96.6 Å². The second-order valence-electron chi connectivity index (χ2n) is 6.68. The number of fused-ring (bicyclic) bond motifs is 1. The van der Waals surface area contributed by atoms with Crippen molar-refractivity contribution >= 4 is 22.7 Å². The van der Waals surface area contributed by atoms with Crippen LogP contribution in [0.25, 0.3) is 22.0 Å². The van der Waals surface area contributed by atoms with Crippen LogP contribution >= 0.6 is 0 Å². The van der Waals surface area contributed by atoms with Crippen LogP contribution in [0.1, 0.15) is 28.8 Å². The van der Waals surface area contributed by atoms with Gasteiger partial charge in [-0.1, -0.05) is 30.3 Å². The van der Waals surface area contributed by atoms with Gasteiger partial charge in [-0.3, -0.25) is 14.4 Å². The minimum Gasteiger partial charge on any atom is -0.506 e. The maximum atomic E-state index is 13.7. The highest BCUT2D eigenvalue weighted by Crippen LogP contribution is 2.41. The Hall–Kier alpha value is -3.62. The number of pyridine rings is 1. The number of nitrogens with zero attached hydrogens (tertiary/aromatic N) is 1. The average Bonchev–Trinajstić information content (AvgIpc) is 2.69. The van der Waals surface area contributed by atoms with Gasteiger partial charge in [0.25, 0.3) is 5.56 Å². The summed E-state index contributed by atoms with van der Waals surface area (Å²) in [5.41, 5.74) is -2.85. The first-order valence-electron chi connectivity index (χ1n) is 8.79. The molecule has 156 valence electrons. The average molecular weight is 419 g/mol. The molecule has 0 fully saturated rings. The van der Waals surface area contributed by atoms with E-state index in [1.165, 1.54) is 19.2 Å². The van der Waals surface area contributed by atoms with Crippen LogP contribution in [0.15, 0.2) is 47.3 Å². The Morgan fingerprint density at radius 3 is 2.27 bits per heavy atom. The highest BCUT2D eigenvalue weighted by Gasteiger charge is 2.35. The highest BCUT2D eigenvalue weighted by molar-refractivity contribution is 6.05. The zero-order chi connectivity index (χ0) is 22.2. The molecule has 3 rings (SSSR count). The van der Waals surface area contributed by atoms with Crippen LogP contribution in [0.4, 0.5) is 13.2 Å². The molecule has 0 aliphatic rings. The summed E-state index contributed by atoms with van der Waals surface area (Å²) < 4.78 is 42.0. The van der Waals surface area contributed by atoms with E-state index in [-0.39, 0.29) is 22.0 Å². The van der Waals surface area contributed by atoms with Crippen LogP contribution in [-0.4, -0.2) is 26.5 Å². The van der Waals surface area contributed by atoms with Gasteiger partial charge in [-0.05, 0) is 23.3 Å². The van der Waals surface area contributed by atoms with Crippen molar-refractivity contribution < 1.29 is 33.0 Å². The fraction of sp³-hybridized carbons (Fsp3) is 0.190. The molecule has 0 saturated heterocycles. The number of aromatic hydroxyl groups is 1. The van der Waals surface area contributed by atoms with Crippen molar-refractivity contribution in [2.24, 2.45) is 7.05 Å². The lowest BCUT2D eigenvalue weighted by molar-refractivity contribution is -0.137. The molecular weight excluding hydrogens is 403 g/mol. The van der Waals surface area contributed by atoms with Crippen molar-refractivity contribution in [1.29, 1.82) is 0 Å². The summed E-state index contributed by atoms with van der Waals surface area (Å²) in [6.07, 6.45) is -5.82. The number of aliphatic carboxylic acids is 1. The number of alkyl halides is 3. The SMILES string of the molecule is Cn1c(=O)c(C(=O)CCC(=O)O)c(O)c2cc(-c3ccccc3)c(C(F)(F)F)cc21. The Morgan fingerprint density at radius 2 is 1.70 bits per heavy atom. The monoisotopic (exact) mass is 419 g/mol. The van der Waals surface area contributed by atoms with E-state index >= 15 is 0 Å². The lowest BCUT2D eigenvalue weighted by Crippen LogP contribution is -2.25. The number of aromatic nitrogens is 1. The van der Waals surface area contributed by atoms with Crippen LogP contribution in [0.5, 0.6) is 5.75 Å².